The summed E-state index contributed by atoms with van der Waals surface area (Å²) in [6.07, 6.45) is 0.315. The van der Waals surface area contributed by atoms with Crippen LogP contribution in [0.1, 0.15) is 20.3 Å². The molecule has 0 aromatic rings. The van der Waals surface area contributed by atoms with Gasteiger partial charge in [-0.15, -0.1) is 0 Å². The highest BCUT2D eigenvalue weighted by molar-refractivity contribution is 6.54. The van der Waals surface area contributed by atoms with E-state index in [0.717, 1.165) is 6.42 Å². The van der Waals surface area contributed by atoms with Crippen LogP contribution in [0, 0.1) is 5.41 Å². The molecule has 14 heavy (non-hydrogen) atoms. The van der Waals surface area contributed by atoms with Gasteiger partial charge in [0.05, 0.1) is 18.6 Å². The van der Waals surface area contributed by atoms with Gasteiger partial charge >= 0.3 is 0 Å². The molecule has 0 amide bonds. The molecule has 1 fully saturated rings. The molecule has 5 heteroatoms. The molecular weight excluding hydrogens is 227 g/mol. The second kappa shape index (κ2) is 4.79. The maximum atomic E-state index is 11.6. The summed E-state index contributed by atoms with van der Waals surface area (Å²) < 4.78 is 10.7. The van der Waals surface area contributed by atoms with E-state index in [9.17, 15) is 4.79 Å². The summed E-state index contributed by atoms with van der Waals surface area (Å²) in [6, 6.07) is 0. The van der Waals surface area contributed by atoms with Crippen molar-refractivity contribution in [1.82, 2.24) is 0 Å². The van der Waals surface area contributed by atoms with Gasteiger partial charge in [0.1, 0.15) is 0 Å². The summed E-state index contributed by atoms with van der Waals surface area (Å²) in [7, 11) is 0. The fourth-order valence-corrected chi connectivity index (χ4v) is 1.86. The zero-order valence-electron chi connectivity index (χ0n) is 8.26. The zero-order valence-corrected chi connectivity index (χ0v) is 9.77. The van der Waals surface area contributed by atoms with Crippen LogP contribution < -0.4 is 0 Å². The van der Waals surface area contributed by atoms with Gasteiger partial charge in [0, 0.05) is 0 Å². The van der Waals surface area contributed by atoms with E-state index in [2.05, 4.69) is 0 Å². The van der Waals surface area contributed by atoms with Crippen LogP contribution in [0.4, 0.5) is 0 Å². The number of carbonyl (C=O) groups is 1. The Morgan fingerprint density at radius 2 is 1.86 bits per heavy atom. The van der Waals surface area contributed by atoms with Crippen molar-refractivity contribution in [3.8, 4) is 0 Å². The Hall–Kier alpha value is 0.170. The molecule has 0 aliphatic carbocycles. The molecule has 0 N–H and O–H groups in total. The molecule has 0 atom stereocenters. The first-order valence-corrected chi connectivity index (χ1v) is 5.39. The average molecular weight is 241 g/mol. The van der Waals surface area contributed by atoms with E-state index >= 15 is 0 Å². The third-order valence-corrected chi connectivity index (χ3v) is 2.65. The quantitative estimate of drug-likeness (QED) is 0.710. The molecule has 1 heterocycles. The molecule has 1 aliphatic heterocycles. The number of ether oxygens (including phenoxy) is 2. The number of hydrogen-bond donors (Lipinski definition) is 0. The molecule has 0 saturated carbocycles. The maximum absolute atomic E-state index is 11.6. The molecule has 0 bridgehead atoms. The Bertz CT molecular complexity index is 210. The van der Waals surface area contributed by atoms with E-state index in [1.165, 1.54) is 0 Å². The van der Waals surface area contributed by atoms with Crippen LogP contribution in [0.2, 0.25) is 0 Å². The van der Waals surface area contributed by atoms with Gasteiger partial charge in [-0.2, -0.15) is 0 Å². The molecule has 0 aromatic carbocycles. The van der Waals surface area contributed by atoms with Crippen LogP contribution in [-0.4, -0.2) is 30.1 Å². The Morgan fingerprint density at radius 3 is 2.29 bits per heavy atom. The topological polar surface area (TPSA) is 35.5 Å². The summed E-state index contributed by atoms with van der Waals surface area (Å²) in [6.45, 7) is 4.67. The van der Waals surface area contributed by atoms with E-state index in [1.807, 2.05) is 0 Å². The summed E-state index contributed by atoms with van der Waals surface area (Å²) in [5.41, 5.74) is -0.797. The Labute approximate surface area is 93.6 Å². The highest BCUT2D eigenvalue weighted by Gasteiger charge is 2.41. The second-order valence-electron chi connectivity index (χ2n) is 3.81. The van der Waals surface area contributed by atoms with Crippen LogP contribution in [0.5, 0.6) is 0 Å². The summed E-state index contributed by atoms with van der Waals surface area (Å²) in [5.74, 6) is -0.271. The SMILES string of the molecule is CC(C)(C(=O)C(Cl)Cl)C1OCCCO1. The Kier molecular flexibility index (Phi) is 4.19. The van der Waals surface area contributed by atoms with Crippen molar-refractivity contribution < 1.29 is 14.3 Å². The van der Waals surface area contributed by atoms with Gasteiger partial charge < -0.3 is 9.47 Å². The largest absolute Gasteiger partial charge is 0.352 e. The van der Waals surface area contributed by atoms with Gasteiger partial charge in [-0.1, -0.05) is 23.2 Å². The molecule has 1 rings (SSSR count). The maximum Gasteiger partial charge on any atom is 0.176 e. The number of hydrogen-bond acceptors (Lipinski definition) is 3. The van der Waals surface area contributed by atoms with Crippen LogP contribution in [-0.2, 0) is 14.3 Å². The minimum atomic E-state index is -1.03. The van der Waals surface area contributed by atoms with Crippen molar-refractivity contribution >= 4 is 29.0 Å². The minimum absolute atomic E-state index is 0.271. The number of carbonyl (C=O) groups excluding carboxylic acids is 1. The Balaban J connectivity index is 2.66. The number of ketones is 1. The van der Waals surface area contributed by atoms with Crippen molar-refractivity contribution in [2.24, 2.45) is 5.41 Å². The van der Waals surface area contributed by atoms with Crippen molar-refractivity contribution in [2.45, 2.75) is 31.4 Å². The van der Waals surface area contributed by atoms with Crippen LogP contribution >= 0.6 is 23.2 Å². The molecule has 3 nitrogen and oxygen atoms in total. The molecule has 1 aliphatic rings. The Morgan fingerprint density at radius 1 is 1.36 bits per heavy atom. The first kappa shape index (κ1) is 12.2. The predicted molar refractivity (Wildman–Crippen MR) is 54.6 cm³/mol. The van der Waals surface area contributed by atoms with Gasteiger partial charge in [-0.05, 0) is 20.3 Å². The number of Topliss-reactive ketones (excluding diaryl/α,β-unsaturated/α-hetero) is 1. The lowest BCUT2D eigenvalue weighted by Gasteiger charge is -2.35. The smallest absolute Gasteiger partial charge is 0.176 e. The van der Waals surface area contributed by atoms with Crippen LogP contribution in [0.3, 0.4) is 0 Å². The molecule has 0 unspecified atom stereocenters. The number of rotatable bonds is 3. The highest BCUT2D eigenvalue weighted by Crippen LogP contribution is 2.31. The predicted octanol–water partition coefficient (Wildman–Crippen LogP) is 2.15. The van der Waals surface area contributed by atoms with Gasteiger partial charge in [0.25, 0.3) is 0 Å². The molecular formula is C9H14Cl2O3. The fraction of sp³-hybridized carbons (Fsp3) is 0.889. The lowest BCUT2D eigenvalue weighted by Crippen LogP contribution is -2.45. The standard InChI is InChI=1S/C9H14Cl2O3/c1-9(2,6(12)7(10)11)8-13-4-3-5-14-8/h7-8H,3-5H2,1-2H3. The van der Waals surface area contributed by atoms with E-state index in [-0.39, 0.29) is 5.78 Å². The van der Waals surface area contributed by atoms with Crippen molar-refractivity contribution in [1.29, 1.82) is 0 Å². The van der Waals surface area contributed by atoms with E-state index in [0.29, 0.717) is 13.2 Å². The van der Waals surface area contributed by atoms with Crippen LogP contribution in [0.25, 0.3) is 0 Å². The van der Waals surface area contributed by atoms with Crippen molar-refractivity contribution in [3.05, 3.63) is 0 Å². The van der Waals surface area contributed by atoms with E-state index in [4.69, 9.17) is 32.7 Å². The van der Waals surface area contributed by atoms with Crippen molar-refractivity contribution in [3.63, 3.8) is 0 Å². The first-order valence-electron chi connectivity index (χ1n) is 4.52. The molecule has 0 spiro atoms. The number of halogens is 2. The summed E-state index contributed by atoms with van der Waals surface area (Å²) in [4.78, 5) is 10.6. The fourth-order valence-electron chi connectivity index (χ4n) is 1.30. The molecule has 0 aromatic heterocycles. The average Bonchev–Trinajstić information content (AvgIpc) is 2.18. The van der Waals surface area contributed by atoms with E-state index in [1.54, 1.807) is 13.8 Å². The second-order valence-corrected chi connectivity index (χ2v) is 4.91. The highest BCUT2D eigenvalue weighted by atomic mass is 35.5. The zero-order chi connectivity index (χ0) is 10.8. The van der Waals surface area contributed by atoms with E-state index < -0.39 is 16.5 Å². The molecule has 82 valence electrons. The third-order valence-electron chi connectivity index (χ3n) is 2.25. The van der Waals surface area contributed by atoms with Crippen LogP contribution in [0.15, 0.2) is 0 Å². The summed E-state index contributed by atoms with van der Waals surface area (Å²) in [5, 5.41) is 0. The van der Waals surface area contributed by atoms with Gasteiger partial charge in [-0.25, -0.2) is 0 Å². The third kappa shape index (κ3) is 2.60. The number of alkyl halides is 2. The lowest BCUT2D eigenvalue weighted by molar-refractivity contribution is -0.225. The molecule has 1 saturated heterocycles. The normalized spacial score (nSPS) is 20.1. The van der Waals surface area contributed by atoms with Crippen molar-refractivity contribution in [2.75, 3.05) is 13.2 Å². The molecule has 0 radical (unpaired) electrons. The van der Waals surface area contributed by atoms with Gasteiger partial charge in [0.15, 0.2) is 16.9 Å². The van der Waals surface area contributed by atoms with Gasteiger partial charge in [0.2, 0.25) is 0 Å². The monoisotopic (exact) mass is 240 g/mol. The summed E-state index contributed by atoms with van der Waals surface area (Å²) >= 11 is 11.1. The lowest BCUT2D eigenvalue weighted by atomic mass is 9.87. The van der Waals surface area contributed by atoms with Gasteiger partial charge in [-0.3, -0.25) is 4.79 Å². The first-order chi connectivity index (χ1) is 6.46. The minimum Gasteiger partial charge on any atom is -0.352 e.